The number of aryl methyl sites for hydroxylation is 2. The van der Waals surface area contributed by atoms with E-state index in [4.69, 9.17) is 0 Å². The first-order chi connectivity index (χ1) is 12.1. The van der Waals surface area contributed by atoms with Crippen LogP contribution in [0.4, 0.5) is 8.78 Å². The fourth-order valence-electron chi connectivity index (χ4n) is 3.31. The topological polar surface area (TPSA) is 51.0 Å². The first kappa shape index (κ1) is 17.5. The summed E-state index contributed by atoms with van der Waals surface area (Å²) in [6, 6.07) is 4.06. The third kappa shape index (κ3) is 4.84. The molecule has 1 atom stereocenters. The van der Waals surface area contributed by atoms with Gasteiger partial charge in [0.05, 0.1) is 6.54 Å². The summed E-state index contributed by atoms with van der Waals surface area (Å²) in [6.45, 7) is 2.06. The number of hydrogen-bond donors (Lipinski definition) is 0. The minimum atomic E-state index is -0.814. The van der Waals surface area contributed by atoms with Crippen LogP contribution >= 0.6 is 0 Å². The Morgan fingerprint density at radius 1 is 1.28 bits per heavy atom. The number of aromatic nitrogens is 3. The van der Waals surface area contributed by atoms with E-state index in [0.29, 0.717) is 25.3 Å². The second kappa shape index (κ2) is 8.18. The Kier molecular flexibility index (Phi) is 5.73. The Balaban J connectivity index is 1.47. The van der Waals surface area contributed by atoms with Crippen molar-refractivity contribution in [1.82, 2.24) is 19.7 Å². The van der Waals surface area contributed by atoms with Crippen LogP contribution in [0.5, 0.6) is 0 Å². The van der Waals surface area contributed by atoms with E-state index >= 15 is 0 Å². The van der Waals surface area contributed by atoms with E-state index in [1.165, 1.54) is 18.5 Å². The lowest BCUT2D eigenvalue weighted by atomic mass is 9.91. The molecule has 0 spiro atoms. The van der Waals surface area contributed by atoms with Crippen LogP contribution in [0.2, 0.25) is 0 Å². The molecule has 3 rings (SSSR count). The Hall–Kier alpha value is -2.31. The molecule has 25 heavy (non-hydrogen) atoms. The number of benzene rings is 1. The molecule has 1 aromatic carbocycles. The van der Waals surface area contributed by atoms with Crippen LogP contribution in [0.3, 0.4) is 0 Å². The Labute approximate surface area is 145 Å². The minimum Gasteiger partial charge on any atom is -0.342 e. The van der Waals surface area contributed by atoms with Crippen LogP contribution in [0.25, 0.3) is 0 Å². The van der Waals surface area contributed by atoms with Gasteiger partial charge in [-0.15, -0.1) is 0 Å². The van der Waals surface area contributed by atoms with Crippen molar-refractivity contribution in [3.8, 4) is 0 Å². The normalized spacial score (nSPS) is 17.7. The van der Waals surface area contributed by atoms with Crippen LogP contribution in [-0.2, 0) is 17.8 Å². The van der Waals surface area contributed by atoms with Gasteiger partial charge in [0.1, 0.15) is 12.7 Å². The van der Waals surface area contributed by atoms with Gasteiger partial charge in [0, 0.05) is 19.5 Å². The van der Waals surface area contributed by atoms with Crippen molar-refractivity contribution in [2.24, 2.45) is 5.92 Å². The van der Waals surface area contributed by atoms with Crippen LogP contribution in [0.1, 0.15) is 31.2 Å². The maximum absolute atomic E-state index is 13.3. The quantitative estimate of drug-likeness (QED) is 0.807. The highest BCUT2D eigenvalue weighted by atomic mass is 19.2. The average Bonchev–Trinajstić information content (AvgIpc) is 3.14. The molecule has 1 fully saturated rings. The van der Waals surface area contributed by atoms with Gasteiger partial charge in [-0.2, -0.15) is 5.10 Å². The van der Waals surface area contributed by atoms with Crippen LogP contribution in [-0.4, -0.2) is 38.7 Å². The highest BCUT2D eigenvalue weighted by Gasteiger charge is 2.23. The third-order valence-electron chi connectivity index (χ3n) is 4.72. The highest BCUT2D eigenvalue weighted by molar-refractivity contribution is 5.76. The maximum Gasteiger partial charge on any atom is 0.224 e. The largest absolute Gasteiger partial charge is 0.342 e. The Morgan fingerprint density at radius 3 is 2.92 bits per heavy atom. The van der Waals surface area contributed by atoms with Crippen LogP contribution in [0.15, 0.2) is 30.9 Å². The van der Waals surface area contributed by atoms with Crippen molar-refractivity contribution in [3.63, 3.8) is 0 Å². The molecule has 2 aromatic rings. The molecular formula is C18H22F2N4O. The van der Waals surface area contributed by atoms with Gasteiger partial charge in [-0.1, -0.05) is 6.07 Å². The molecule has 1 unspecified atom stereocenters. The number of amides is 1. The lowest BCUT2D eigenvalue weighted by Crippen LogP contribution is -2.40. The summed E-state index contributed by atoms with van der Waals surface area (Å²) in [7, 11) is 0. The van der Waals surface area contributed by atoms with Crippen molar-refractivity contribution >= 4 is 5.91 Å². The molecule has 134 valence electrons. The van der Waals surface area contributed by atoms with E-state index in [0.717, 1.165) is 37.9 Å². The monoisotopic (exact) mass is 348 g/mol. The summed E-state index contributed by atoms with van der Waals surface area (Å²) in [4.78, 5) is 18.1. The Morgan fingerprint density at radius 2 is 2.16 bits per heavy atom. The second-order valence-electron chi connectivity index (χ2n) is 6.54. The summed E-state index contributed by atoms with van der Waals surface area (Å²) in [5.74, 6) is -1.08. The molecular weight excluding hydrogens is 326 g/mol. The molecule has 1 aliphatic rings. The molecule has 7 heteroatoms. The summed E-state index contributed by atoms with van der Waals surface area (Å²) in [6.07, 6.45) is 7.10. The fourth-order valence-corrected chi connectivity index (χ4v) is 3.31. The van der Waals surface area contributed by atoms with Crippen molar-refractivity contribution in [1.29, 1.82) is 0 Å². The molecule has 0 radical (unpaired) electrons. The van der Waals surface area contributed by atoms with Gasteiger partial charge in [-0.05, 0) is 49.3 Å². The molecule has 1 amide bonds. The molecule has 5 nitrogen and oxygen atoms in total. The van der Waals surface area contributed by atoms with Gasteiger partial charge < -0.3 is 4.90 Å². The lowest BCUT2D eigenvalue weighted by Gasteiger charge is -2.33. The van der Waals surface area contributed by atoms with Gasteiger partial charge in [-0.3, -0.25) is 9.48 Å². The first-order valence-electron chi connectivity index (χ1n) is 8.66. The number of nitrogens with zero attached hydrogens (tertiary/aromatic N) is 4. The van der Waals surface area contributed by atoms with Gasteiger partial charge >= 0.3 is 0 Å². The number of halogens is 2. The van der Waals surface area contributed by atoms with Gasteiger partial charge in [0.25, 0.3) is 0 Å². The number of hydrogen-bond acceptors (Lipinski definition) is 3. The maximum atomic E-state index is 13.3. The molecule has 1 aromatic heterocycles. The smallest absolute Gasteiger partial charge is 0.224 e. The van der Waals surface area contributed by atoms with Crippen molar-refractivity contribution in [2.45, 2.75) is 38.6 Å². The van der Waals surface area contributed by atoms with Crippen LogP contribution < -0.4 is 0 Å². The van der Waals surface area contributed by atoms with E-state index in [2.05, 4.69) is 10.1 Å². The van der Waals surface area contributed by atoms with Crippen molar-refractivity contribution in [3.05, 3.63) is 48.1 Å². The minimum absolute atomic E-state index is 0.132. The summed E-state index contributed by atoms with van der Waals surface area (Å²) >= 11 is 0. The predicted octanol–water partition coefficient (Wildman–Crippen LogP) is 2.82. The number of rotatable bonds is 6. The molecule has 1 saturated heterocycles. The fraction of sp³-hybridized carbons (Fsp3) is 0.500. The van der Waals surface area contributed by atoms with E-state index in [9.17, 15) is 13.6 Å². The number of carbonyl (C=O) groups excluding carboxylic acids is 1. The Bertz CT molecular complexity index is 705. The van der Waals surface area contributed by atoms with E-state index in [1.807, 2.05) is 4.90 Å². The SMILES string of the molecule is O=C(CCn1cncn1)N1CCCC(CCc2ccc(F)c(F)c2)C1. The summed E-state index contributed by atoms with van der Waals surface area (Å²) in [5.41, 5.74) is 0.800. The molecule has 1 aliphatic heterocycles. The standard InChI is InChI=1S/C18H22F2N4O/c19-16-6-5-14(10-17(16)20)3-4-15-2-1-8-23(11-15)18(25)7-9-24-13-21-12-22-24/h5-6,10,12-13,15H,1-4,7-9,11H2. The van der Waals surface area contributed by atoms with Gasteiger partial charge in [0.15, 0.2) is 11.6 Å². The van der Waals surface area contributed by atoms with E-state index < -0.39 is 11.6 Å². The lowest BCUT2D eigenvalue weighted by molar-refractivity contribution is -0.133. The van der Waals surface area contributed by atoms with Gasteiger partial charge in [-0.25, -0.2) is 13.8 Å². The first-order valence-corrected chi connectivity index (χ1v) is 8.66. The van der Waals surface area contributed by atoms with Crippen LogP contribution in [0, 0.1) is 17.6 Å². The van der Waals surface area contributed by atoms with E-state index in [-0.39, 0.29) is 5.91 Å². The third-order valence-corrected chi connectivity index (χ3v) is 4.72. The molecule has 2 heterocycles. The second-order valence-corrected chi connectivity index (χ2v) is 6.54. The predicted molar refractivity (Wildman–Crippen MR) is 88.6 cm³/mol. The summed E-state index contributed by atoms with van der Waals surface area (Å²) < 4.78 is 27.9. The number of carbonyl (C=O) groups is 1. The summed E-state index contributed by atoms with van der Waals surface area (Å²) in [5, 5.41) is 4.00. The molecule has 0 bridgehead atoms. The number of likely N-dealkylation sites (tertiary alicyclic amines) is 1. The van der Waals surface area contributed by atoms with E-state index in [1.54, 1.807) is 17.1 Å². The van der Waals surface area contributed by atoms with Crippen molar-refractivity contribution in [2.75, 3.05) is 13.1 Å². The molecule has 0 aliphatic carbocycles. The average molecular weight is 348 g/mol. The zero-order valence-electron chi connectivity index (χ0n) is 14.1. The number of piperidine rings is 1. The zero-order valence-corrected chi connectivity index (χ0v) is 14.1. The van der Waals surface area contributed by atoms with Crippen molar-refractivity contribution < 1.29 is 13.6 Å². The molecule has 0 saturated carbocycles. The van der Waals surface area contributed by atoms with Gasteiger partial charge in [0.2, 0.25) is 5.91 Å². The molecule has 0 N–H and O–H groups in total. The highest BCUT2D eigenvalue weighted by Crippen LogP contribution is 2.22. The zero-order chi connectivity index (χ0) is 17.6.